The average molecular weight is 456 g/mol. The number of urea groups is 1. The Morgan fingerprint density at radius 2 is 1.78 bits per heavy atom. The summed E-state index contributed by atoms with van der Waals surface area (Å²) in [6.07, 6.45) is 2.90. The normalized spacial score (nSPS) is 18.0. The third-order valence-corrected chi connectivity index (χ3v) is 5.14. The molecule has 4 amide bonds. The lowest BCUT2D eigenvalue weighted by molar-refractivity contribution is -0.137. The zero-order chi connectivity index (χ0) is 23.3. The second-order valence-corrected chi connectivity index (χ2v) is 7.65. The maximum Gasteiger partial charge on any atom is 0.330 e. The summed E-state index contributed by atoms with van der Waals surface area (Å²) in [5.41, 5.74) is 0.504. The molecule has 0 bridgehead atoms. The van der Waals surface area contributed by atoms with Crippen LogP contribution >= 0.6 is 11.6 Å². The summed E-state index contributed by atoms with van der Waals surface area (Å²) in [5, 5.41) is 5.80. The van der Waals surface area contributed by atoms with E-state index in [1.54, 1.807) is 68.5 Å². The van der Waals surface area contributed by atoms with E-state index in [1.807, 2.05) is 0 Å². The van der Waals surface area contributed by atoms with Crippen LogP contribution in [0.25, 0.3) is 6.08 Å². The fourth-order valence-electron chi connectivity index (χ4n) is 3.20. The molecule has 0 spiro atoms. The van der Waals surface area contributed by atoms with Crippen LogP contribution in [0.3, 0.4) is 0 Å². The molecule has 2 aromatic rings. The predicted molar refractivity (Wildman–Crippen MR) is 120 cm³/mol. The lowest BCUT2D eigenvalue weighted by Gasteiger charge is -2.22. The number of esters is 1. The molecule has 1 aliphatic rings. The molecule has 3 rings (SSSR count). The summed E-state index contributed by atoms with van der Waals surface area (Å²) in [6, 6.07) is 12.6. The number of halogens is 1. The first-order chi connectivity index (χ1) is 15.2. The topological polar surface area (TPSA) is 105 Å². The molecule has 0 saturated carbocycles. The predicted octanol–water partition coefficient (Wildman–Crippen LogP) is 3.32. The lowest BCUT2D eigenvalue weighted by atomic mass is 9.92. The molecule has 0 aliphatic carbocycles. The Morgan fingerprint density at radius 1 is 1.12 bits per heavy atom. The first-order valence-corrected chi connectivity index (χ1v) is 10.3. The van der Waals surface area contributed by atoms with E-state index in [0.29, 0.717) is 22.9 Å². The molecule has 1 atom stereocenters. The molecule has 1 fully saturated rings. The number of imide groups is 1. The molecular formula is C23H22ClN3O5. The summed E-state index contributed by atoms with van der Waals surface area (Å²) in [5.74, 6) is -1.49. The van der Waals surface area contributed by atoms with Gasteiger partial charge in [0.1, 0.15) is 12.1 Å². The number of amides is 4. The van der Waals surface area contributed by atoms with Gasteiger partial charge in [-0.2, -0.15) is 0 Å². The average Bonchev–Trinajstić information content (AvgIpc) is 2.97. The quantitative estimate of drug-likeness (QED) is 0.378. The van der Waals surface area contributed by atoms with Crippen molar-refractivity contribution < 1.29 is 23.9 Å². The van der Waals surface area contributed by atoms with Gasteiger partial charge >= 0.3 is 12.0 Å². The number of benzene rings is 2. The number of hydrogen-bond donors (Lipinski definition) is 2. The molecule has 2 aromatic carbocycles. The summed E-state index contributed by atoms with van der Waals surface area (Å²) >= 11 is 5.90. The number of carbonyl (C=O) groups is 4. The van der Waals surface area contributed by atoms with E-state index in [0.717, 1.165) is 10.5 Å². The molecule has 1 saturated heterocycles. The Kier molecular flexibility index (Phi) is 6.95. The van der Waals surface area contributed by atoms with Gasteiger partial charge in [-0.05, 0) is 55.3 Å². The van der Waals surface area contributed by atoms with Crippen LogP contribution < -0.4 is 10.6 Å². The highest BCUT2D eigenvalue weighted by Crippen LogP contribution is 2.29. The van der Waals surface area contributed by atoms with Crippen molar-refractivity contribution in [3.05, 3.63) is 70.8 Å². The van der Waals surface area contributed by atoms with Crippen LogP contribution in [0.15, 0.2) is 54.6 Å². The molecule has 1 unspecified atom stereocenters. The number of hydrogen-bond acceptors (Lipinski definition) is 5. The minimum Gasteiger partial charge on any atom is -0.463 e. The Balaban J connectivity index is 1.62. The van der Waals surface area contributed by atoms with E-state index in [2.05, 4.69) is 10.6 Å². The first-order valence-electron chi connectivity index (χ1n) is 9.88. The van der Waals surface area contributed by atoms with Crippen molar-refractivity contribution in [1.29, 1.82) is 0 Å². The van der Waals surface area contributed by atoms with Gasteiger partial charge in [-0.1, -0.05) is 35.9 Å². The van der Waals surface area contributed by atoms with Crippen LogP contribution in [0, 0.1) is 0 Å². The number of carbonyl (C=O) groups excluding carboxylic acids is 4. The third kappa shape index (κ3) is 5.15. The highest BCUT2D eigenvalue weighted by Gasteiger charge is 2.49. The summed E-state index contributed by atoms with van der Waals surface area (Å²) < 4.78 is 4.82. The highest BCUT2D eigenvalue weighted by molar-refractivity contribution is 6.30. The highest BCUT2D eigenvalue weighted by atomic mass is 35.5. The SMILES string of the molecule is CCOC(=O)/C=C/c1ccc(NC(=O)CN2C(=O)NC(C)(c3ccc(Cl)cc3)C2=O)cc1. The molecule has 2 N–H and O–H groups in total. The van der Waals surface area contributed by atoms with Gasteiger partial charge < -0.3 is 15.4 Å². The van der Waals surface area contributed by atoms with Crippen LogP contribution in [0.4, 0.5) is 10.5 Å². The van der Waals surface area contributed by atoms with Crippen LogP contribution in [-0.2, 0) is 24.7 Å². The lowest BCUT2D eigenvalue weighted by Crippen LogP contribution is -2.42. The number of nitrogens with zero attached hydrogens (tertiary/aromatic N) is 1. The van der Waals surface area contributed by atoms with Gasteiger partial charge in [-0.3, -0.25) is 14.5 Å². The van der Waals surface area contributed by atoms with Gasteiger partial charge in [0.05, 0.1) is 6.61 Å². The van der Waals surface area contributed by atoms with Gasteiger partial charge in [0.2, 0.25) is 5.91 Å². The molecule has 0 radical (unpaired) electrons. The number of ether oxygens (including phenoxy) is 1. The minimum absolute atomic E-state index is 0.296. The zero-order valence-corrected chi connectivity index (χ0v) is 18.3. The van der Waals surface area contributed by atoms with Crippen LogP contribution in [0.1, 0.15) is 25.0 Å². The smallest absolute Gasteiger partial charge is 0.330 e. The molecule has 8 nitrogen and oxygen atoms in total. The van der Waals surface area contributed by atoms with Crippen molar-refractivity contribution in [3.8, 4) is 0 Å². The minimum atomic E-state index is -1.28. The van der Waals surface area contributed by atoms with Crippen molar-refractivity contribution >= 4 is 47.2 Å². The second kappa shape index (κ2) is 9.65. The van der Waals surface area contributed by atoms with Gasteiger partial charge in [0.15, 0.2) is 0 Å². The molecular weight excluding hydrogens is 434 g/mol. The van der Waals surface area contributed by atoms with Gasteiger partial charge in [0.25, 0.3) is 5.91 Å². The van der Waals surface area contributed by atoms with Gasteiger partial charge in [0, 0.05) is 16.8 Å². The van der Waals surface area contributed by atoms with Crippen LogP contribution in [0.2, 0.25) is 5.02 Å². The van der Waals surface area contributed by atoms with Gasteiger partial charge in [-0.15, -0.1) is 0 Å². The van der Waals surface area contributed by atoms with Crippen molar-refractivity contribution in [1.82, 2.24) is 10.2 Å². The van der Waals surface area contributed by atoms with Crippen LogP contribution in [0.5, 0.6) is 0 Å². The standard InChI is InChI=1S/C23H22ClN3O5/c1-3-32-20(29)13-6-15-4-11-18(12-5-15)25-19(28)14-27-21(30)23(2,26-22(27)31)16-7-9-17(24)10-8-16/h4-13H,3,14H2,1-2H3,(H,25,28)(H,26,31)/b13-6+. The molecule has 32 heavy (non-hydrogen) atoms. The molecule has 1 heterocycles. The van der Waals surface area contributed by atoms with E-state index in [1.165, 1.54) is 6.08 Å². The number of anilines is 1. The van der Waals surface area contributed by atoms with Crippen molar-refractivity contribution in [2.24, 2.45) is 0 Å². The second-order valence-electron chi connectivity index (χ2n) is 7.21. The molecule has 1 aliphatic heterocycles. The monoisotopic (exact) mass is 455 g/mol. The van der Waals surface area contributed by atoms with Crippen LogP contribution in [-0.4, -0.2) is 41.9 Å². The Hall–Kier alpha value is -3.65. The Labute approximate surface area is 190 Å². The summed E-state index contributed by atoms with van der Waals surface area (Å²) in [4.78, 5) is 50.0. The third-order valence-electron chi connectivity index (χ3n) is 4.89. The Morgan fingerprint density at radius 3 is 2.41 bits per heavy atom. The van der Waals surface area contributed by atoms with E-state index < -0.39 is 35.9 Å². The maximum atomic E-state index is 12.9. The maximum absolute atomic E-state index is 12.9. The van der Waals surface area contributed by atoms with Gasteiger partial charge in [-0.25, -0.2) is 9.59 Å². The molecule has 9 heteroatoms. The van der Waals surface area contributed by atoms with E-state index in [4.69, 9.17) is 16.3 Å². The van der Waals surface area contributed by atoms with Crippen molar-refractivity contribution in [3.63, 3.8) is 0 Å². The van der Waals surface area contributed by atoms with Crippen molar-refractivity contribution in [2.75, 3.05) is 18.5 Å². The van der Waals surface area contributed by atoms with Crippen molar-refractivity contribution in [2.45, 2.75) is 19.4 Å². The summed E-state index contributed by atoms with van der Waals surface area (Å²) in [6.45, 7) is 3.17. The Bertz CT molecular complexity index is 1070. The molecule has 0 aromatic heterocycles. The first kappa shape index (κ1) is 23.0. The fraction of sp³-hybridized carbons (Fsp3) is 0.217. The number of rotatable bonds is 7. The van der Waals surface area contributed by atoms with E-state index >= 15 is 0 Å². The number of nitrogens with one attached hydrogen (secondary N) is 2. The van der Waals surface area contributed by atoms with E-state index in [-0.39, 0.29) is 0 Å². The summed E-state index contributed by atoms with van der Waals surface area (Å²) in [7, 11) is 0. The largest absolute Gasteiger partial charge is 0.463 e. The molecule has 166 valence electrons. The zero-order valence-electron chi connectivity index (χ0n) is 17.6. The fourth-order valence-corrected chi connectivity index (χ4v) is 3.32. The van der Waals surface area contributed by atoms with E-state index in [9.17, 15) is 19.2 Å².